The van der Waals surface area contributed by atoms with Crippen molar-refractivity contribution in [2.75, 3.05) is 32.5 Å². The zero-order valence-corrected chi connectivity index (χ0v) is 21.4. The molecule has 6 nitrogen and oxygen atoms in total. The van der Waals surface area contributed by atoms with Gasteiger partial charge in [0.25, 0.3) is 0 Å². The Kier molecular flexibility index (Phi) is 8.97. The van der Waals surface area contributed by atoms with E-state index in [0.29, 0.717) is 35.7 Å². The first-order chi connectivity index (χ1) is 16.5. The van der Waals surface area contributed by atoms with Gasteiger partial charge in [0.05, 0.1) is 29.7 Å². The number of hydrogen-bond donors (Lipinski definition) is 2. The first-order valence-electron chi connectivity index (χ1n) is 12.3. The number of carboxylic acid groups (broad SMARTS) is 1. The van der Waals surface area contributed by atoms with Crippen LogP contribution in [0.15, 0.2) is 24.4 Å². The van der Waals surface area contributed by atoms with E-state index in [9.17, 15) is 15.0 Å². The molecule has 2 aliphatic rings. The molecule has 0 unspecified atom stereocenters. The number of fused-ring (bicyclic) bond motifs is 1. The number of piperidine rings is 1. The highest BCUT2D eigenvalue weighted by atomic mass is 35.5. The first-order valence-corrected chi connectivity index (χ1v) is 13.8. The second kappa shape index (κ2) is 11.9. The Balaban J connectivity index is 1.36. The van der Waals surface area contributed by atoms with Gasteiger partial charge in [-0.25, -0.2) is 0 Å². The minimum atomic E-state index is -0.791. The number of aliphatic hydroxyl groups excluding tert-OH is 1. The Morgan fingerprint density at radius 3 is 2.85 bits per heavy atom. The van der Waals surface area contributed by atoms with Gasteiger partial charge in [-0.15, -0.1) is 0 Å². The highest BCUT2D eigenvalue weighted by Gasteiger charge is 2.34. The van der Waals surface area contributed by atoms with Gasteiger partial charge in [0.1, 0.15) is 5.75 Å². The first kappa shape index (κ1) is 25.5. The van der Waals surface area contributed by atoms with Gasteiger partial charge in [-0.05, 0) is 62.8 Å². The molecule has 4 rings (SSSR count). The maximum Gasteiger partial charge on any atom is 0.308 e. The Hall–Kier alpha value is -1.54. The number of benzene rings is 1. The number of aliphatic carboxylic acids is 1. The van der Waals surface area contributed by atoms with E-state index in [-0.39, 0.29) is 5.92 Å². The Bertz CT molecular complexity index is 985. The van der Waals surface area contributed by atoms with Gasteiger partial charge < -0.3 is 19.8 Å². The second-order valence-electron chi connectivity index (χ2n) is 9.57. The molecule has 1 aromatic heterocycles. The topological polar surface area (TPSA) is 82.9 Å². The number of aromatic nitrogens is 1. The molecule has 1 aromatic carbocycles. The van der Waals surface area contributed by atoms with E-state index in [1.54, 1.807) is 13.3 Å². The van der Waals surface area contributed by atoms with Gasteiger partial charge in [-0.3, -0.25) is 9.78 Å². The van der Waals surface area contributed by atoms with Crippen molar-refractivity contribution in [2.24, 2.45) is 11.8 Å². The third kappa shape index (κ3) is 6.17. The van der Waals surface area contributed by atoms with Crippen LogP contribution in [0.5, 0.6) is 5.75 Å². The molecule has 1 aliphatic carbocycles. The van der Waals surface area contributed by atoms with Crippen LogP contribution in [0, 0.1) is 11.8 Å². The van der Waals surface area contributed by atoms with E-state index < -0.39 is 18.0 Å². The molecule has 0 amide bonds. The largest absolute Gasteiger partial charge is 0.497 e. The molecule has 186 valence electrons. The van der Waals surface area contributed by atoms with E-state index in [2.05, 4.69) is 21.6 Å². The van der Waals surface area contributed by atoms with Gasteiger partial charge in [-0.1, -0.05) is 24.4 Å². The number of likely N-dealkylation sites (tertiary alicyclic amines) is 1. The van der Waals surface area contributed by atoms with E-state index in [0.717, 1.165) is 41.4 Å². The fraction of sp³-hybridized carbons (Fsp3) is 0.615. The summed E-state index contributed by atoms with van der Waals surface area (Å²) in [5.41, 5.74) is 1.38. The molecule has 0 spiro atoms. The maximum absolute atomic E-state index is 12.1. The predicted octanol–water partition coefficient (Wildman–Crippen LogP) is 5.41. The number of aliphatic hydroxyl groups is 1. The summed E-state index contributed by atoms with van der Waals surface area (Å²) in [4.78, 5) is 18.7. The molecule has 1 saturated carbocycles. The number of nitrogens with zero attached hydrogens (tertiary/aromatic N) is 2. The van der Waals surface area contributed by atoms with E-state index >= 15 is 0 Å². The molecule has 34 heavy (non-hydrogen) atoms. The highest BCUT2D eigenvalue weighted by molar-refractivity contribution is 7.99. The van der Waals surface area contributed by atoms with Crippen LogP contribution < -0.4 is 4.74 Å². The molecule has 1 aliphatic heterocycles. The van der Waals surface area contributed by atoms with E-state index in [1.165, 1.54) is 25.7 Å². The van der Waals surface area contributed by atoms with Crippen molar-refractivity contribution in [3.8, 4) is 5.75 Å². The van der Waals surface area contributed by atoms with Gasteiger partial charge in [0.2, 0.25) is 0 Å². The van der Waals surface area contributed by atoms with Crippen molar-refractivity contribution in [1.82, 2.24) is 9.88 Å². The van der Waals surface area contributed by atoms with Crippen molar-refractivity contribution in [1.29, 1.82) is 0 Å². The van der Waals surface area contributed by atoms with Crippen LogP contribution in [0.1, 0.15) is 56.6 Å². The smallest absolute Gasteiger partial charge is 0.308 e. The standard InChI is InChI=1S/C26H35ClN2O4S/c1-33-18-7-8-23-20(14-18)25(22(27)15-28-23)24(30)9-6-17-10-11-29(16-21(17)26(31)32)12-13-34-19-4-2-3-5-19/h7-8,14-15,17,19,21,24,30H,2-6,9-13,16H2,1H3,(H,31,32)/t17-,21+,24-/m0/s1. The van der Waals surface area contributed by atoms with Gasteiger partial charge in [0.15, 0.2) is 0 Å². The van der Waals surface area contributed by atoms with Gasteiger partial charge in [0, 0.05) is 41.2 Å². The number of carboxylic acids is 1. The molecule has 3 atom stereocenters. The number of pyridine rings is 1. The van der Waals surface area contributed by atoms with Crippen molar-refractivity contribution in [3.63, 3.8) is 0 Å². The van der Waals surface area contributed by atoms with Crippen LogP contribution >= 0.6 is 23.4 Å². The number of rotatable bonds is 10. The lowest BCUT2D eigenvalue weighted by molar-refractivity contribution is -0.146. The molecule has 0 bridgehead atoms. The summed E-state index contributed by atoms with van der Waals surface area (Å²) >= 11 is 8.50. The third-order valence-corrected chi connectivity index (χ3v) is 9.10. The molecule has 2 fully saturated rings. The third-order valence-electron chi connectivity index (χ3n) is 7.43. The second-order valence-corrected chi connectivity index (χ2v) is 11.4. The molecule has 2 heterocycles. The number of ether oxygens (including phenoxy) is 1. The van der Waals surface area contributed by atoms with E-state index in [1.807, 2.05) is 18.2 Å². The molecule has 2 aromatic rings. The summed E-state index contributed by atoms with van der Waals surface area (Å²) in [5.74, 6) is 0.672. The summed E-state index contributed by atoms with van der Waals surface area (Å²) in [6, 6.07) is 5.52. The Morgan fingerprint density at radius 2 is 2.12 bits per heavy atom. The summed E-state index contributed by atoms with van der Waals surface area (Å²) in [5, 5.41) is 23.0. The molecule has 1 saturated heterocycles. The van der Waals surface area contributed by atoms with Crippen LogP contribution in [-0.2, 0) is 4.79 Å². The van der Waals surface area contributed by atoms with Crippen molar-refractivity contribution >= 4 is 40.2 Å². The SMILES string of the molecule is COc1ccc2ncc(Cl)c([C@@H](O)CC[C@H]3CCN(CCSC4CCCC4)C[C@H]3C(=O)O)c2c1. The number of halogens is 1. The molecule has 0 radical (unpaired) electrons. The number of hydrogen-bond acceptors (Lipinski definition) is 6. The van der Waals surface area contributed by atoms with Crippen LogP contribution in [0.4, 0.5) is 0 Å². The monoisotopic (exact) mass is 506 g/mol. The number of methoxy groups -OCH3 is 1. The lowest BCUT2D eigenvalue weighted by Crippen LogP contribution is -2.44. The van der Waals surface area contributed by atoms with Crippen LogP contribution in [0.2, 0.25) is 5.02 Å². The summed E-state index contributed by atoms with van der Waals surface area (Å²) in [7, 11) is 1.60. The fourth-order valence-electron chi connectivity index (χ4n) is 5.45. The number of thioether (sulfide) groups is 1. The predicted molar refractivity (Wildman–Crippen MR) is 138 cm³/mol. The zero-order valence-electron chi connectivity index (χ0n) is 19.8. The molecule has 2 N–H and O–H groups in total. The minimum absolute atomic E-state index is 0.0484. The zero-order chi connectivity index (χ0) is 24.1. The summed E-state index contributed by atoms with van der Waals surface area (Å²) in [6.07, 6.45) is 8.09. The van der Waals surface area contributed by atoms with Crippen molar-refractivity contribution in [3.05, 3.63) is 35.0 Å². The average Bonchev–Trinajstić information content (AvgIpc) is 3.36. The Labute approximate surface area is 211 Å². The molecule has 8 heteroatoms. The summed E-state index contributed by atoms with van der Waals surface area (Å²) in [6.45, 7) is 2.48. The number of carbonyl (C=O) groups is 1. The lowest BCUT2D eigenvalue weighted by atomic mass is 9.81. The Morgan fingerprint density at radius 1 is 1.32 bits per heavy atom. The van der Waals surface area contributed by atoms with Crippen molar-refractivity contribution in [2.45, 2.75) is 56.3 Å². The maximum atomic E-state index is 12.1. The van der Waals surface area contributed by atoms with Crippen molar-refractivity contribution < 1.29 is 19.7 Å². The van der Waals surface area contributed by atoms with Crippen LogP contribution in [0.25, 0.3) is 10.9 Å². The fourth-order valence-corrected chi connectivity index (χ4v) is 7.09. The average molecular weight is 507 g/mol. The summed E-state index contributed by atoms with van der Waals surface area (Å²) < 4.78 is 5.34. The minimum Gasteiger partial charge on any atom is -0.497 e. The highest BCUT2D eigenvalue weighted by Crippen LogP contribution is 2.37. The van der Waals surface area contributed by atoms with E-state index in [4.69, 9.17) is 16.3 Å². The molecular formula is C26H35ClN2O4S. The van der Waals surface area contributed by atoms with Gasteiger partial charge in [-0.2, -0.15) is 11.8 Å². The quantitative estimate of drug-likeness (QED) is 0.445. The normalized spacial score (nSPS) is 22.8. The van der Waals surface area contributed by atoms with Crippen LogP contribution in [0.3, 0.4) is 0 Å². The van der Waals surface area contributed by atoms with Gasteiger partial charge >= 0.3 is 5.97 Å². The van der Waals surface area contributed by atoms with Crippen LogP contribution in [-0.4, -0.2) is 63.8 Å². The lowest BCUT2D eigenvalue weighted by Gasteiger charge is -2.37. The molecular weight excluding hydrogens is 472 g/mol.